The summed E-state index contributed by atoms with van der Waals surface area (Å²) in [5.41, 5.74) is 0.993. The third kappa shape index (κ3) is 4.64. The fraction of sp³-hybridized carbons (Fsp3) is 0.619. The molecular weight excluding hydrogens is 362 g/mol. The van der Waals surface area contributed by atoms with E-state index in [1.54, 1.807) is 0 Å². The molecule has 0 spiro atoms. The van der Waals surface area contributed by atoms with Crippen molar-refractivity contribution in [3.05, 3.63) is 34.9 Å². The molecule has 6 heteroatoms. The molecule has 2 aliphatic heterocycles. The molecule has 1 aliphatic carbocycles. The third-order valence-corrected chi connectivity index (χ3v) is 6.29. The predicted molar refractivity (Wildman–Crippen MR) is 106 cm³/mol. The minimum Gasteiger partial charge on any atom is -0.341 e. The molecule has 146 valence electrons. The van der Waals surface area contributed by atoms with Crippen molar-refractivity contribution < 1.29 is 9.59 Å². The Bertz CT molecular complexity index is 689. The lowest BCUT2D eigenvalue weighted by atomic mass is 10.1. The maximum Gasteiger partial charge on any atom is 0.240 e. The fourth-order valence-corrected chi connectivity index (χ4v) is 4.37. The van der Waals surface area contributed by atoms with Crippen molar-refractivity contribution >= 4 is 23.4 Å². The minimum atomic E-state index is 0.0232. The summed E-state index contributed by atoms with van der Waals surface area (Å²) in [6.07, 6.45) is 4.84. The highest BCUT2D eigenvalue weighted by Gasteiger charge is 2.38. The molecule has 5 nitrogen and oxygen atoms in total. The molecule has 0 N–H and O–H groups in total. The van der Waals surface area contributed by atoms with Gasteiger partial charge in [0, 0.05) is 44.3 Å². The monoisotopic (exact) mass is 389 g/mol. The van der Waals surface area contributed by atoms with E-state index in [0.29, 0.717) is 23.9 Å². The van der Waals surface area contributed by atoms with E-state index in [2.05, 4.69) is 9.80 Å². The van der Waals surface area contributed by atoms with E-state index in [1.807, 2.05) is 29.2 Å². The predicted octanol–water partition coefficient (Wildman–Crippen LogP) is 2.43. The molecule has 1 atom stereocenters. The van der Waals surface area contributed by atoms with Gasteiger partial charge in [0.2, 0.25) is 11.8 Å². The van der Waals surface area contributed by atoms with Crippen LogP contribution in [0.15, 0.2) is 24.3 Å². The molecular formula is C21H28ClN3O2. The molecule has 3 aliphatic rings. The molecule has 1 saturated carbocycles. The first-order chi connectivity index (χ1) is 13.1. The second-order valence-corrected chi connectivity index (χ2v) is 8.54. The molecule has 0 bridgehead atoms. The van der Waals surface area contributed by atoms with E-state index in [4.69, 9.17) is 11.6 Å². The molecule has 4 rings (SSSR count). The number of hydrogen-bond acceptors (Lipinski definition) is 3. The van der Waals surface area contributed by atoms with E-state index in [0.717, 1.165) is 57.0 Å². The van der Waals surface area contributed by atoms with Crippen LogP contribution in [0.4, 0.5) is 0 Å². The first kappa shape index (κ1) is 18.8. The topological polar surface area (TPSA) is 43.9 Å². The number of carbonyl (C=O) groups is 2. The van der Waals surface area contributed by atoms with Gasteiger partial charge in [-0.25, -0.2) is 0 Å². The van der Waals surface area contributed by atoms with Gasteiger partial charge in [-0.3, -0.25) is 14.5 Å². The average molecular weight is 390 g/mol. The van der Waals surface area contributed by atoms with Gasteiger partial charge in [-0.15, -0.1) is 0 Å². The fourth-order valence-electron chi connectivity index (χ4n) is 4.24. The van der Waals surface area contributed by atoms with Gasteiger partial charge in [0.15, 0.2) is 0 Å². The highest BCUT2D eigenvalue weighted by molar-refractivity contribution is 6.30. The molecule has 0 aromatic heterocycles. The SMILES string of the molecule is O=C(Cc1ccc(Cl)cc1)N1CCCN([C@H]2CCN(CC3CC3)C2=O)CC1. The van der Waals surface area contributed by atoms with Crippen LogP contribution in [0.3, 0.4) is 0 Å². The zero-order chi connectivity index (χ0) is 18.8. The van der Waals surface area contributed by atoms with Crippen LogP contribution in [0, 0.1) is 5.92 Å². The standard InChI is InChI=1S/C21H28ClN3O2/c22-18-6-4-16(5-7-18)14-20(26)24-10-1-9-23(12-13-24)19-8-11-25(21(19)27)15-17-2-3-17/h4-7,17,19H,1-3,8-15H2/t19-/m0/s1. The van der Waals surface area contributed by atoms with Crippen LogP contribution in [0.5, 0.6) is 0 Å². The van der Waals surface area contributed by atoms with E-state index < -0.39 is 0 Å². The van der Waals surface area contributed by atoms with Crippen molar-refractivity contribution in [1.82, 2.24) is 14.7 Å². The first-order valence-corrected chi connectivity index (χ1v) is 10.5. The summed E-state index contributed by atoms with van der Waals surface area (Å²) in [5.74, 6) is 1.22. The van der Waals surface area contributed by atoms with Gasteiger partial charge in [-0.05, 0) is 49.3 Å². The lowest BCUT2D eigenvalue weighted by Crippen LogP contribution is -2.44. The third-order valence-electron chi connectivity index (χ3n) is 6.04. The molecule has 2 saturated heterocycles. The number of hydrogen-bond donors (Lipinski definition) is 0. The summed E-state index contributed by atoms with van der Waals surface area (Å²) in [5, 5.41) is 0.688. The molecule has 2 amide bonds. The van der Waals surface area contributed by atoms with Gasteiger partial charge < -0.3 is 9.80 Å². The Morgan fingerprint density at radius 1 is 1.00 bits per heavy atom. The molecule has 27 heavy (non-hydrogen) atoms. The van der Waals surface area contributed by atoms with E-state index in [9.17, 15) is 9.59 Å². The lowest BCUT2D eigenvalue weighted by Gasteiger charge is -2.26. The van der Waals surface area contributed by atoms with Crippen LogP contribution in [-0.4, -0.2) is 71.8 Å². The number of benzene rings is 1. The Morgan fingerprint density at radius 2 is 1.78 bits per heavy atom. The molecule has 0 unspecified atom stereocenters. The van der Waals surface area contributed by atoms with Gasteiger partial charge in [0.1, 0.15) is 0 Å². The normalized spacial score (nSPS) is 24.3. The molecule has 1 aromatic rings. The summed E-state index contributed by atoms with van der Waals surface area (Å²) >= 11 is 5.92. The summed E-state index contributed by atoms with van der Waals surface area (Å²) < 4.78 is 0. The van der Waals surface area contributed by atoms with Crippen molar-refractivity contribution in [2.45, 2.75) is 38.1 Å². The molecule has 1 aromatic carbocycles. The maximum atomic E-state index is 12.8. The Kier molecular flexibility index (Phi) is 5.69. The van der Waals surface area contributed by atoms with Gasteiger partial charge in [0.05, 0.1) is 12.5 Å². The Hall–Kier alpha value is -1.59. The highest BCUT2D eigenvalue weighted by atomic mass is 35.5. The average Bonchev–Trinajstić information content (AvgIpc) is 3.44. The quantitative estimate of drug-likeness (QED) is 0.776. The van der Waals surface area contributed by atoms with Gasteiger partial charge >= 0.3 is 0 Å². The Morgan fingerprint density at radius 3 is 2.52 bits per heavy atom. The van der Waals surface area contributed by atoms with Crippen LogP contribution >= 0.6 is 11.6 Å². The number of amides is 2. The van der Waals surface area contributed by atoms with Crippen LogP contribution < -0.4 is 0 Å². The number of rotatable bonds is 5. The second kappa shape index (κ2) is 8.19. The van der Waals surface area contributed by atoms with Gasteiger partial charge in [-0.2, -0.15) is 0 Å². The van der Waals surface area contributed by atoms with E-state index in [-0.39, 0.29) is 11.9 Å². The van der Waals surface area contributed by atoms with Crippen molar-refractivity contribution in [2.24, 2.45) is 5.92 Å². The van der Waals surface area contributed by atoms with Crippen LogP contribution in [0.1, 0.15) is 31.2 Å². The lowest BCUT2D eigenvalue weighted by molar-refractivity contribution is -0.132. The second-order valence-electron chi connectivity index (χ2n) is 8.11. The Labute approximate surface area is 166 Å². The Balaban J connectivity index is 1.30. The highest BCUT2D eigenvalue weighted by Crippen LogP contribution is 2.31. The molecule has 3 fully saturated rings. The van der Waals surface area contributed by atoms with Gasteiger partial charge in [0.25, 0.3) is 0 Å². The summed E-state index contributed by atoms with van der Waals surface area (Å²) in [6.45, 7) is 5.03. The largest absolute Gasteiger partial charge is 0.341 e. The molecule has 0 radical (unpaired) electrons. The zero-order valence-corrected chi connectivity index (χ0v) is 16.5. The maximum absolute atomic E-state index is 12.8. The molecule has 2 heterocycles. The summed E-state index contributed by atoms with van der Waals surface area (Å²) in [6, 6.07) is 7.50. The van der Waals surface area contributed by atoms with Crippen LogP contribution in [0.2, 0.25) is 5.02 Å². The number of nitrogens with zero attached hydrogens (tertiary/aromatic N) is 3. The minimum absolute atomic E-state index is 0.0232. The van der Waals surface area contributed by atoms with Crippen molar-refractivity contribution in [2.75, 3.05) is 39.3 Å². The van der Waals surface area contributed by atoms with Crippen LogP contribution in [0.25, 0.3) is 0 Å². The van der Waals surface area contributed by atoms with Gasteiger partial charge in [-0.1, -0.05) is 23.7 Å². The van der Waals surface area contributed by atoms with Crippen LogP contribution in [-0.2, 0) is 16.0 Å². The number of likely N-dealkylation sites (tertiary alicyclic amines) is 1. The van der Waals surface area contributed by atoms with Crippen molar-refractivity contribution in [3.63, 3.8) is 0 Å². The van der Waals surface area contributed by atoms with Crippen molar-refractivity contribution in [1.29, 1.82) is 0 Å². The number of halogens is 1. The summed E-state index contributed by atoms with van der Waals surface area (Å²) in [7, 11) is 0. The van der Waals surface area contributed by atoms with E-state index in [1.165, 1.54) is 12.8 Å². The zero-order valence-electron chi connectivity index (χ0n) is 15.8. The smallest absolute Gasteiger partial charge is 0.240 e. The number of carbonyl (C=O) groups excluding carboxylic acids is 2. The first-order valence-electron chi connectivity index (χ1n) is 10.2. The summed E-state index contributed by atoms with van der Waals surface area (Å²) in [4.78, 5) is 31.8. The van der Waals surface area contributed by atoms with E-state index >= 15 is 0 Å². The van der Waals surface area contributed by atoms with Crippen molar-refractivity contribution in [3.8, 4) is 0 Å².